The Bertz CT molecular complexity index is 605. The van der Waals surface area contributed by atoms with Crippen LogP contribution >= 0.6 is 0 Å². The van der Waals surface area contributed by atoms with E-state index in [1.54, 1.807) is 0 Å². The van der Waals surface area contributed by atoms with Crippen molar-refractivity contribution < 1.29 is 14.6 Å². The molecule has 3 rings (SSSR count). The highest BCUT2D eigenvalue weighted by Crippen LogP contribution is 2.24. The summed E-state index contributed by atoms with van der Waals surface area (Å²) in [6.45, 7) is 1.77. The molecule has 2 heterocycles. The molecular formula is C14H14N2O3. The summed E-state index contributed by atoms with van der Waals surface area (Å²) in [6.07, 6.45) is 0.585. The summed E-state index contributed by atoms with van der Waals surface area (Å²) in [5, 5.41) is 9.28. The molecule has 0 unspecified atom stereocenters. The number of rotatable bonds is 2. The molecule has 0 bridgehead atoms. The van der Waals surface area contributed by atoms with Crippen molar-refractivity contribution in [1.29, 1.82) is 0 Å². The lowest BCUT2D eigenvalue weighted by Crippen LogP contribution is -2.07. The van der Waals surface area contributed by atoms with Crippen LogP contribution in [-0.2, 0) is 17.7 Å². The number of hydrogen-bond acceptors (Lipinski definition) is 3. The molecule has 0 radical (unpaired) electrons. The van der Waals surface area contributed by atoms with E-state index in [0.717, 1.165) is 11.3 Å². The highest BCUT2D eigenvalue weighted by atomic mass is 16.5. The maximum Gasteiger partial charge on any atom is 0.356 e. The van der Waals surface area contributed by atoms with Gasteiger partial charge in [0, 0.05) is 18.5 Å². The van der Waals surface area contributed by atoms with Gasteiger partial charge in [0.15, 0.2) is 5.69 Å². The number of imidazole rings is 1. The van der Waals surface area contributed by atoms with Gasteiger partial charge in [0.25, 0.3) is 0 Å². The van der Waals surface area contributed by atoms with Crippen LogP contribution in [0.2, 0.25) is 0 Å². The molecule has 1 aliphatic heterocycles. The number of hydrogen-bond donors (Lipinski definition) is 1. The van der Waals surface area contributed by atoms with Crippen LogP contribution in [0.3, 0.4) is 0 Å². The normalized spacial score (nSPS) is 14.7. The molecule has 0 fully saturated rings. The van der Waals surface area contributed by atoms with Gasteiger partial charge in [-0.1, -0.05) is 30.3 Å². The number of nitrogens with zero attached hydrogens (tertiary/aromatic N) is 2. The Morgan fingerprint density at radius 2 is 2.05 bits per heavy atom. The van der Waals surface area contributed by atoms with E-state index in [1.165, 1.54) is 0 Å². The van der Waals surface area contributed by atoms with E-state index in [4.69, 9.17) is 4.74 Å². The molecule has 0 atom stereocenters. The number of aromatic nitrogens is 2. The minimum Gasteiger partial charge on any atom is -0.476 e. The van der Waals surface area contributed by atoms with E-state index < -0.39 is 5.97 Å². The zero-order valence-electron chi connectivity index (χ0n) is 10.4. The highest BCUT2D eigenvalue weighted by molar-refractivity contribution is 5.88. The number of carboxylic acids is 1. The predicted molar refractivity (Wildman–Crippen MR) is 69.1 cm³/mol. The molecule has 0 aliphatic carbocycles. The van der Waals surface area contributed by atoms with Gasteiger partial charge in [-0.25, -0.2) is 9.78 Å². The van der Waals surface area contributed by atoms with Crippen molar-refractivity contribution in [3.8, 4) is 11.4 Å². The number of carboxylic acid groups (broad SMARTS) is 1. The fraction of sp³-hybridized carbons (Fsp3) is 0.286. The molecule has 0 saturated heterocycles. The molecule has 0 saturated carbocycles. The Balaban J connectivity index is 2.17. The third kappa shape index (κ3) is 2.13. The third-order valence-corrected chi connectivity index (χ3v) is 3.25. The summed E-state index contributed by atoms with van der Waals surface area (Å²) >= 11 is 0. The average Bonchev–Trinajstić information content (AvgIpc) is 2.62. The zero-order valence-corrected chi connectivity index (χ0v) is 10.4. The van der Waals surface area contributed by atoms with E-state index in [9.17, 15) is 9.90 Å². The minimum atomic E-state index is -0.979. The van der Waals surface area contributed by atoms with E-state index >= 15 is 0 Å². The van der Waals surface area contributed by atoms with Crippen LogP contribution < -0.4 is 0 Å². The quantitative estimate of drug-likeness (QED) is 0.892. The van der Waals surface area contributed by atoms with Crippen molar-refractivity contribution in [2.45, 2.75) is 13.0 Å². The first-order valence-electron chi connectivity index (χ1n) is 6.23. The average molecular weight is 258 g/mol. The Morgan fingerprint density at radius 1 is 1.26 bits per heavy atom. The summed E-state index contributed by atoms with van der Waals surface area (Å²) in [5.74, 6) is -0.272. The fourth-order valence-electron chi connectivity index (χ4n) is 2.39. The van der Waals surface area contributed by atoms with Gasteiger partial charge < -0.3 is 14.4 Å². The van der Waals surface area contributed by atoms with Crippen molar-refractivity contribution in [3.63, 3.8) is 0 Å². The second-order valence-corrected chi connectivity index (χ2v) is 4.42. The Morgan fingerprint density at radius 3 is 2.79 bits per heavy atom. The van der Waals surface area contributed by atoms with Gasteiger partial charge in [0.05, 0.1) is 18.9 Å². The van der Waals surface area contributed by atoms with E-state index in [1.807, 2.05) is 34.9 Å². The SMILES string of the molecule is O=C(O)c1nc(-c2ccccc2)n2c1CCOCC2. The Labute approximate surface area is 110 Å². The summed E-state index contributed by atoms with van der Waals surface area (Å²) in [4.78, 5) is 15.6. The molecule has 5 nitrogen and oxygen atoms in total. The van der Waals surface area contributed by atoms with Gasteiger partial charge >= 0.3 is 5.97 Å². The first-order valence-corrected chi connectivity index (χ1v) is 6.23. The molecule has 1 aromatic heterocycles. The molecule has 1 N–H and O–H groups in total. The zero-order chi connectivity index (χ0) is 13.2. The number of fused-ring (bicyclic) bond motifs is 1. The topological polar surface area (TPSA) is 64.3 Å². The van der Waals surface area contributed by atoms with Gasteiger partial charge in [0.1, 0.15) is 5.82 Å². The number of ether oxygens (including phenoxy) is 1. The summed E-state index contributed by atoms with van der Waals surface area (Å²) < 4.78 is 7.38. The lowest BCUT2D eigenvalue weighted by Gasteiger charge is -2.07. The second-order valence-electron chi connectivity index (χ2n) is 4.42. The summed E-state index contributed by atoms with van der Waals surface area (Å²) in [5.41, 5.74) is 1.83. The maximum atomic E-state index is 11.3. The van der Waals surface area contributed by atoms with Crippen LogP contribution in [0, 0.1) is 0 Å². The molecule has 2 aromatic rings. The van der Waals surface area contributed by atoms with Crippen molar-refractivity contribution in [2.24, 2.45) is 0 Å². The number of carbonyl (C=O) groups is 1. The van der Waals surface area contributed by atoms with Gasteiger partial charge in [-0.05, 0) is 0 Å². The van der Waals surface area contributed by atoms with E-state index in [0.29, 0.717) is 32.0 Å². The third-order valence-electron chi connectivity index (χ3n) is 3.25. The highest BCUT2D eigenvalue weighted by Gasteiger charge is 2.23. The second kappa shape index (κ2) is 4.85. The minimum absolute atomic E-state index is 0.143. The lowest BCUT2D eigenvalue weighted by atomic mass is 10.2. The lowest BCUT2D eigenvalue weighted by molar-refractivity contribution is 0.0689. The standard InChI is InChI=1S/C14H14N2O3/c17-14(18)12-11-6-8-19-9-7-16(11)13(15-12)10-4-2-1-3-5-10/h1-5H,6-9H2,(H,17,18). The van der Waals surface area contributed by atoms with Crippen LogP contribution in [0.1, 0.15) is 16.2 Å². The molecule has 0 spiro atoms. The van der Waals surface area contributed by atoms with Crippen LogP contribution in [-0.4, -0.2) is 33.8 Å². The van der Waals surface area contributed by atoms with Gasteiger partial charge in [-0.15, -0.1) is 0 Å². The number of aromatic carboxylic acids is 1. The maximum absolute atomic E-state index is 11.3. The molecule has 19 heavy (non-hydrogen) atoms. The van der Waals surface area contributed by atoms with E-state index in [-0.39, 0.29) is 5.69 Å². The van der Waals surface area contributed by atoms with Crippen LogP contribution in [0.5, 0.6) is 0 Å². The fourth-order valence-corrected chi connectivity index (χ4v) is 2.39. The first-order chi connectivity index (χ1) is 9.27. The van der Waals surface area contributed by atoms with Crippen molar-refractivity contribution in [1.82, 2.24) is 9.55 Å². The predicted octanol–water partition coefficient (Wildman–Crippen LogP) is 1.82. The van der Waals surface area contributed by atoms with Crippen molar-refractivity contribution in [2.75, 3.05) is 13.2 Å². The van der Waals surface area contributed by atoms with Gasteiger partial charge in [-0.2, -0.15) is 0 Å². The smallest absolute Gasteiger partial charge is 0.356 e. The van der Waals surface area contributed by atoms with Crippen LogP contribution in [0.15, 0.2) is 30.3 Å². The van der Waals surface area contributed by atoms with Gasteiger partial charge in [-0.3, -0.25) is 0 Å². The number of benzene rings is 1. The van der Waals surface area contributed by atoms with Crippen LogP contribution in [0.25, 0.3) is 11.4 Å². The van der Waals surface area contributed by atoms with Crippen molar-refractivity contribution in [3.05, 3.63) is 41.7 Å². The van der Waals surface area contributed by atoms with Gasteiger partial charge in [0.2, 0.25) is 0 Å². The monoisotopic (exact) mass is 258 g/mol. The van der Waals surface area contributed by atoms with E-state index in [2.05, 4.69) is 4.98 Å². The van der Waals surface area contributed by atoms with Crippen LogP contribution in [0.4, 0.5) is 0 Å². The Kier molecular flexibility index (Phi) is 3.05. The largest absolute Gasteiger partial charge is 0.476 e. The molecular weight excluding hydrogens is 244 g/mol. The molecule has 5 heteroatoms. The Hall–Kier alpha value is -2.14. The van der Waals surface area contributed by atoms with Crippen molar-refractivity contribution >= 4 is 5.97 Å². The molecule has 0 amide bonds. The molecule has 1 aliphatic rings. The molecule has 98 valence electrons. The first kappa shape index (κ1) is 11.9. The summed E-state index contributed by atoms with van der Waals surface area (Å²) in [7, 11) is 0. The molecule has 1 aromatic carbocycles. The summed E-state index contributed by atoms with van der Waals surface area (Å²) in [6, 6.07) is 9.65.